The number of aliphatic hydroxyl groups is 1. The summed E-state index contributed by atoms with van der Waals surface area (Å²) in [5.41, 5.74) is 7.57. The number of nitrogens with zero attached hydrogens (tertiary/aromatic N) is 1. The van der Waals surface area contributed by atoms with Gasteiger partial charge in [0.1, 0.15) is 5.58 Å². The topological polar surface area (TPSA) is 65.7 Å². The highest BCUT2D eigenvalue weighted by Gasteiger charge is 2.62. The molecule has 0 unspecified atom stereocenters. The molecule has 1 spiro atoms. The number of hydrogen-bond acceptors (Lipinski definition) is 5. The van der Waals surface area contributed by atoms with E-state index in [0.717, 1.165) is 87.6 Å². The first-order valence-corrected chi connectivity index (χ1v) is 17.2. The fourth-order valence-electron chi connectivity index (χ4n) is 12.5. The predicted octanol–water partition coefficient (Wildman–Crippen LogP) is 6.24. The van der Waals surface area contributed by atoms with Gasteiger partial charge < -0.3 is 19.7 Å². The van der Waals surface area contributed by atoms with Crippen LogP contribution in [0.4, 0.5) is 5.69 Å². The largest absolute Gasteiger partial charge is 0.422 e. The van der Waals surface area contributed by atoms with Crippen molar-refractivity contribution in [2.45, 2.75) is 115 Å². The van der Waals surface area contributed by atoms with Gasteiger partial charge in [-0.2, -0.15) is 0 Å². The van der Waals surface area contributed by atoms with Crippen LogP contribution in [0.15, 0.2) is 15.3 Å². The molecule has 4 fully saturated rings. The zero-order valence-electron chi connectivity index (χ0n) is 25.2. The third-order valence-electron chi connectivity index (χ3n) is 14.5. The van der Waals surface area contributed by atoms with E-state index in [2.05, 4.69) is 30.1 Å². The minimum atomic E-state index is -0.245. The van der Waals surface area contributed by atoms with E-state index in [1.54, 1.807) is 0 Å². The zero-order valence-corrected chi connectivity index (χ0v) is 25.2. The molecule has 220 valence electrons. The van der Waals surface area contributed by atoms with Gasteiger partial charge in [-0.05, 0) is 142 Å². The number of anilines is 1. The second kappa shape index (κ2) is 8.62. The number of aliphatic hydroxyl groups excluding tert-OH is 1. The lowest BCUT2D eigenvalue weighted by atomic mass is 9.43. The third-order valence-corrected chi connectivity index (χ3v) is 14.5. The van der Waals surface area contributed by atoms with E-state index in [9.17, 15) is 9.90 Å². The molecule has 0 amide bonds. The highest BCUT2D eigenvalue weighted by atomic mass is 16.4. The maximum absolute atomic E-state index is 14.1. The van der Waals surface area contributed by atoms with Crippen LogP contribution in [0.1, 0.15) is 107 Å². The van der Waals surface area contributed by atoms with Crippen LogP contribution in [-0.4, -0.2) is 30.8 Å². The van der Waals surface area contributed by atoms with Gasteiger partial charge in [0.2, 0.25) is 0 Å². The Hall–Kier alpha value is -1.85. The van der Waals surface area contributed by atoms with Gasteiger partial charge >= 0.3 is 5.63 Å². The molecule has 1 aromatic heterocycles. The van der Waals surface area contributed by atoms with Crippen LogP contribution < -0.4 is 15.8 Å². The quantitative estimate of drug-likeness (QED) is 0.376. The summed E-state index contributed by atoms with van der Waals surface area (Å²) < 4.78 is 6.43. The Kier molecular flexibility index (Phi) is 5.39. The summed E-state index contributed by atoms with van der Waals surface area (Å²) in [7, 11) is 0. The van der Waals surface area contributed by atoms with Crippen LogP contribution in [0.2, 0.25) is 0 Å². The molecular formula is C36H48N2O3. The molecule has 4 aliphatic carbocycles. The fraction of sp³-hybridized carbons (Fsp3) is 0.750. The van der Waals surface area contributed by atoms with Gasteiger partial charge in [0.25, 0.3) is 0 Å². The predicted molar refractivity (Wildman–Crippen MR) is 162 cm³/mol. The second-order valence-corrected chi connectivity index (χ2v) is 15.9. The Bertz CT molecular complexity index is 1490. The molecule has 2 aromatic rings. The Morgan fingerprint density at radius 3 is 2.63 bits per heavy atom. The first-order chi connectivity index (χ1) is 19.8. The number of fused-ring (bicyclic) bond motifs is 10. The third kappa shape index (κ3) is 3.29. The van der Waals surface area contributed by atoms with Crippen molar-refractivity contribution >= 4 is 16.7 Å². The van der Waals surface area contributed by atoms with Gasteiger partial charge in [0, 0.05) is 36.3 Å². The minimum absolute atomic E-state index is 0.0606. The second-order valence-electron chi connectivity index (χ2n) is 15.9. The number of benzene rings is 1. The van der Waals surface area contributed by atoms with E-state index < -0.39 is 0 Å². The van der Waals surface area contributed by atoms with Crippen LogP contribution in [0, 0.1) is 34.5 Å². The molecule has 4 heterocycles. The van der Waals surface area contributed by atoms with Gasteiger partial charge in [-0.1, -0.05) is 13.8 Å². The Morgan fingerprint density at radius 1 is 0.927 bits per heavy atom. The number of rotatable bonds is 0. The zero-order chi connectivity index (χ0) is 27.7. The standard InChI is InChI=1S/C36H48N2O3/c1-34-14-15-36(20-22(34)7-8-24-27-9-10-29(39)35(27,2)13-11-28(24)34)30-23(12-16-37-36)26-19-21-5-3-17-38-18-4-6-25(31(21)38)32(26)41-33(30)40/h19,22,24,27-29,37,39H,3-18,20H2,1-2H3/t22-,24-,27-,28-,29-,34-,35-,36+/m0/s1. The SMILES string of the molecule is C[C@]12CC[C@]3(C[C@@H]1CC[C@@H]1[C@@H]2CC[C@]2(C)[C@@H](O)CC[C@@H]12)NCCc1c3c(=O)oc2c3c4c(cc12)CCCN4CCC3. The summed E-state index contributed by atoms with van der Waals surface area (Å²) in [4.78, 5) is 16.7. The molecule has 2 N–H and O–H groups in total. The maximum atomic E-state index is 14.1. The minimum Gasteiger partial charge on any atom is -0.422 e. The van der Waals surface area contributed by atoms with Crippen LogP contribution in [0.25, 0.3) is 11.0 Å². The lowest BCUT2D eigenvalue weighted by Gasteiger charge is -2.62. The molecule has 0 radical (unpaired) electrons. The molecule has 5 nitrogen and oxygen atoms in total. The monoisotopic (exact) mass is 556 g/mol. The number of aryl methyl sites for hydroxylation is 2. The Balaban J connectivity index is 1.11. The maximum Gasteiger partial charge on any atom is 0.341 e. The highest BCUT2D eigenvalue weighted by molar-refractivity contribution is 5.91. The molecule has 3 aliphatic heterocycles. The average Bonchev–Trinajstić information content (AvgIpc) is 3.28. The van der Waals surface area contributed by atoms with Gasteiger partial charge in [-0.15, -0.1) is 0 Å². The fourth-order valence-corrected chi connectivity index (χ4v) is 12.5. The van der Waals surface area contributed by atoms with Crippen molar-refractivity contribution in [1.29, 1.82) is 0 Å². The molecule has 0 saturated heterocycles. The normalized spacial score (nSPS) is 42.8. The Labute approximate surface area is 244 Å². The Morgan fingerprint density at radius 2 is 1.76 bits per heavy atom. The molecule has 0 bridgehead atoms. The summed E-state index contributed by atoms with van der Waals surface area (Å²) in [6.07, 6.45) is 15.9. The molecule has 1 aromatic carbocycles. The first-order valence-electron chi connectivity index (χ1n) is 17.2. The van der Waals surface area contributed by atoms with Crippen molar-refractivity contribution in [3.05, 3.63) is 38.7 Å². The number of nitrogens with one attached hydrogen (secondary N) is 1. The van der Waals surface area contributed by atoms with Crippen LogP contribution >= 0.6 is 0 Å². The van der Waals surface area contributed by atoms with E-state index in [4.69, 9.17) is 4.42 Å². The summed E-state index contributed by atoms with van der Waals surface area (Å²) in [5, 5.41) is 16.1. The smallest absolute Gasteiger partial charge is 0.341 e. The van der Waals surface area contributed by atoms with Crippen molar-refractivity contribution < 1.29 is 9.52 Å². The molecule has 5 heteroatoms. The lowest BCUT2D eigenvalue weighted by Crippen LogP contribution is -2.60. The molecule has 7 aliphatic rings. The summed E-state index contributed by atoms with van der Waals surface area (Å²) in [5.74, 6) is 2.87. The van der Waals surface area contributed by atoms with Gasteiger partial charge in [0.15, 0.2) is 0 Å². The van der Waals surface area contributed by atoms with Crippen molar-refractivity contribution in [2.24, 2.45) is 34.5 Å². The molecule has 4 saturated carbocycles. The van der Waals surface area contributed by atoms with Crippen molar-refractivity contribution in [2.75, 3.05) is 24.5 Å². The van der Waals surface area contributed by atoms with E-state index in [1.807, 2.05) is 0 Å². The van der Waals surface area contributed by atoms with Crippen LogP contribution in [0.5, 0.6) is 0 Å². The van der Waals surface area contributed by atoms with Gasteiger partial charge in [0.05, 0.1) is 17.2 Å². The van der Waals surface area contributed by atoms with Crippen LogP contribution in [0.3, 0.4) is 0 Å². The highest BCUT2D eigenvalue weighted by Crippen LogP contribution is 2.67. The summed E-state index contributed by atoms with van der Waals surface area (Å²) in [6, 6.07) is 2.43. The van der Waals surface area contributed by atoms with E-state index in [0.29, 0.717) is 17.3 Å². The van der Waals surface area contributed by atoms with Gasteiger partial charge in [-0.3, -0.25) is 0 Å². The van der Waals surface area contributed by atoms with E-state index >= 15 is 0 Å². The molecule has 41 heavy (non-hydrogen) atoms. The summed E-state index contributed by atoms with van der Waals surface area (Å²) in [6.45, 7) is 8.24. The van der Waals surface area contributed by atoms with Gasteiger partial charge in [-0.25, -0.2) is 4.79 Å². The average molecular weight is 557 g/mol. The van der Waals surface area contributed by atoms with Crippen molar-refractivity contribution in [3.63, 3.8) is 0 Å². The summed E-state index contributed by atoms with van der Waals surface area (Å²) >= 11 is 0. The molecular weight excluding hydrogens is 508 g/mol. The van der Waals surface area contributed by atoms with Crippen molar-refractivity contribution in [1.82, 2.24) is 5.32 Å². The molecule has 8 atom stereocenters. The lowest BCUT2D eigenvalue weighted by molar-refractivity contribution is -0.132. The van der Waals surface area contributed by atoms with Crippen molar-refractivity contribution in [3.8, 4) is 0 Å². The molecule has 9 rings (SSSR count). The first kappa shape index (κ1) is 25.6. The number of hydrogen-bond donors (Lipinski definition) is 2. The van der Waals surface area contributed by atoms with E-state index in [1.165, 1.54) is 72.7 Å². The van der Waals surface area contributed by atoms with E-state index in [-0.39, 0.29) is 22.7 Å². The van der Waals surface area contributed by atoms with Crippen LogP contribution in [-0.2, 0) is 24.8 Å².